The number of benzene rings is 2. The van der Waals surface area contributed by atoms with Crippen molar-refractivity contribution in [1.82, 2.24) is 5.32 Å². The summed E-state index contributed by atoms with van der Waals surface area (Å²) in [6.07, 6.45) is 1.49. The number of hydrogen-bond donors (Lipinski definition) is 1. The minimum Gasteiger partial charge on any atom is -0.493 e. The monoisotopic (exact) mass is 403 g/mol. The number of allylic oxidation sites excluding steroid dienone is 2. The molecule has 0 radical (unpaired) electrons. The third kappa shape index (κ3) is 4.33. The standard InChI is InChI=1S/C26H29NO3/c1-16(2)15-30-21-10-8-18(9-11-21)20-12-23-26(24(28)13-20)22(14-25(29)27-23)19-6-4-17(3)5-7-19/h4-11,16,20,22H,12-15H2,1-3H3,(H,27,29). The van der Waals surface area contributed by atoms with Crippen LogP contribution in [0.3, 0.4) is 0 Å². The van der Waals surface area contributed by atoms with Crippen LogP contribution >= 0.6 is 0 Å². The molecule has 0 saturated carbocycles. The van der Waals surface area contributed by atoms with E-state index in [4.69, 9.17) is 4.74 Å². The highest BCUT2D eigenvalue weighted by atomic mass is 16.5. The van der Waals surface area contributed by atoms with Gasteiger partial charge in [-0.1, -0.05) is 55.8 Å². The van der Waals surface area contributed by atoms with Gasteiger partial charge in [0, 0.05) is 30.0 Å². The Morgan fingerprint density at radius 1 is 0.933 bits per heavy atom. The van der Waals surface area contributed by atoms with Crippen molar-refractivity contribution >= 4 is 11.7 Å². The van der Waals surface area contributed by atoms with Gasteiger partial charge in [-0.2, -0.15) is 0 Å². The van der Waals surface area contributed by atoms with E-state index in [-0.39, 0.29) is 23.5 Å². The molecule has 2 aromatic carbocycles. The van der Waals surface area contributed by atoms with Crippen molar-refractivity contribution in [2.75, 3.05) is 6.61 Å². The summed E-state index contributed by atoms with van der Waals surface area (Å²) >= 11 is 0. The SMILES string of the molecule is Cc1ccc(C2CC(=O)NC3=C2C(=O)CC(c2ccc(OCC(C)C)cc2)C3)cc1. The van der Waals surface area contributed by atoms with Gasteiger partial charge >= 0.3 is 0 Å². The summed E-state index contributed by atoms with van der Waals surface area (Å²) in [7, 11) is 0. The van der Waals surface area contributed by atoms with Gasteiger partial charge in [0.25, 0.3) is 0 Å². The lowest BCUT2D eigenvalue weighted by Gasteiger charge is -2.34. The Kier molecular flexibility index (Phi) is 5.76. The van der Waals surface area contributed by atoms with Crippen LogP contribution < -0.4 is 10.1 Å². The van der Waals surface area contributed by atoms with Crippen LogP contribution in [-0.2, 0) is 9.59 Å². The summed E-state index contributed by atoms with van der Waals surface area (Å²) in [5.41, 5.74) is 4.92. The first-order valence-electron chi connectivity index (χ1n) is 10.8. The lowest BCUT2D eigenvalue weighted by atomic mass is 9.73. The Morgan fingerprint density at radius 3 is 2.27 bits per heavy atom. The van der Waals surface area contributed by atoms with E-state index in [2.05, 4.69) is 19.2 Å². The zero-order chi connectivity index (χ0) is 21.3. The number of rotatable bonds is 5. The van der Waals surface area contributed by atoms with E-state index in [9.17, 15) is 9.59 Å². The molecule has 2 aliphatic rings. The van der Waals surface area contributed by atoms with E-state index in [0.29, 0.717) is 31.8 Å². The average Bonchev–Trinajstić information content (AvgIpc) is 2.72. The molecule has 2 unspecified atom stereocenters. The Bertz CT molecular complexity index is 970. The van der Waals surface area contributed by atoms with E-state index < -0.39 is 0 Å². The largest absolute Gasteiger partial charge is 0.493 e. The molecule has 2 atom stereocenters. The van der Waals surface area contributed by atoms with Crippen LogP contribution in [0.1, 0.15) is 61.6 Å². The molecule has 4 heteroatoms. The van der Waals surface area contributed by atoms with E-state index in [1.165, 1.54) is 5.56 Å². The molecule has 0 bridgehead atoms. The molecule has 1 aliphatic carbocycles. The third-order valence-corrected chi connectivity index (χ3v) is 5.95. The lowest BCUT2D eigenvalue weighted by Crippen LogP contribution is -2.38. The van der Waals surface area contributed by atoms with Gasteiger partial charge in [0.15, 0.2) is 5.78 Å². The van der Waals surface area contributed by atoms with Crippen molar-refractivity contribution in [3.63, 3.8) is 0 Å². The van der Waals surface area contributed by atoms with Crippen molar-refractivity contribution in [2.45, 2.75) is 51.9 Å². The summed E-state index contributed by atoms with van der Waals surface area (Å²) in [5.74, 6) is 1.39. The number of nitrogens with one attached hydrogen (secondary N) is 1. The summed E-state index contributed by atoms with van der Waals surface area (Å²) in [6.45, 7) is 6.97. The number of carbonyl (C=O) groups excluding carboxylic acids is 2. The second-order valence-electron chi connectivity index (χ2n) is 8.91. The van der Waals surface area contributed by atoms with Crippen LogP contribution in [0.15, 0.2) is 59.8 Å². The van der Waals surface area contributed by atoms with Gasteiger partial charge in [-0.05, 0) is 48.4 Å². The van der Waals surface area contributed by atoms with Gasteiger partial charge < -0.3 is 10.1 Å². The first-order chi connectivity index (χ1) is 14.4. The molecule has 156 valence electrons. The maximum Gasteiger partial charge on any atom is 0.225 e. The number of hydrogen-bond acceptors (Lipinski definition) is 3. The number of Topliss-reactive ketones (excluding diaryl/α,β-unsaturated/α-hetero) is 1. The number of aryl methyl sites for hydroxylation is 1. The van der Waals surface area contributed by atoms with Gasteiger partial charge in [0.05, 0.1) is 6.61 Å². The molecule has 0 saturated heterocycles. The normalized spacial score (nSPS) is 21.5. The third-order valence-electron chi connectivity index (χ3n) is 5.95. The van der Waals surface area contributed by atoms with Gasteiger partial charge in [-0.15, -0.1) is 0 Å². The van der Waals surface area contributed by atoms with E-state index in [0.717, 1.165) is 28.1 Å². The summed E-state index contributed by atoms with van der Waals surface area (Å²) in [5, 5.41) is 3.00. The summed E-state index contributed by atoms with van der Waals surface area (Å²) in [6, 6.07) is 16.2. The molecule has 4 nitrogen and oxygen atoms in total. The van der Waals surface area contributed by atoms with Crippen molar-refractivity contribution in [1.29, 1.82) is 0 Å². The quantitative estimate of drug-likeness (QED) is 0.761. The van der Waals surface area contributed by atoms with Crippen LogP contribution in [0.4, 0.5) is 0 Å². The van der Waals surface area contributed by atoms with Crippen LogP contribution in [-0.4, -0.2) is 18.3 Å². The Balaban J connectivity index is 1.57. The maximum absolute atomic E-state index is 13.2. The fourth-order valence-corrected chi connectivity index (χ4v) is 4.38. The van der Waals surface area contributed by atoms with E-state index in [1.54, 1.807) is 0 Å². The summed E-state index contributed by atoms with van der Waals surface area (Å²) in [4.78, 5) is 25.6. The molecule has 1 aliphatic heterocycles. The average molecular weight is 404 g/mol. The second-order valence-corrected chi connectivity index (χ2v) is 8.91. The first kappa shape index (κ1) is 20.4. The first-order valence-corrected chi connectivity index (χ1v) is 10.8. The predicted molar refractivity (Wildman–Crippen MR) is 117 cm³/mol. The van der Waals surface area contributed by atoms with Crippen LogP contribution in [0, 0.1) is 12.8 Å². The zero-order valence-electron chi connectivity index (χ0n) is 17.9. The lowest BCUT2D eigenvalue weighted by molar-refractivity contribution is -0.122. The second kappa shape index (κ2) is 8.47. The molecule has 1 N–H and O–H groups in total. The van der Waals surface area contributed by atoms with Crippen LogP contribution in [0.5, 0.6) is 5.75 Å². The fraction of sp³-hybridized carbons (Fsp3) is 0.385. The molecular formula is C26H29NO3. The van der Waals surface area contributed by atoms with Gasteiger partial charge in [0.2, 0.25) is 5.91 Å². The van der Waals surface area contributed by atoms with Crippen molar-refractivity contribution in [2.24, 2.45) is 5.92 Å². The molecule has 1 heterocycles. The fourth-order valence-electron chi connectivity index (χ4n) is 4.38. The highest BCUT2D eigenvalue weighted by Gasteiger charge is 2.38. The highest BCUT2D eigenvalue weighted by Crippen LogP contribution is 2.42. The topological polar surface area (TPSA) is 55.4 Å². The molecule has 0 aromatic heterocycles. The number of carbonyl (C=O) groups is 2. The molecular weight excluding hydrogens is 374 g/mol. The number of amides is 1. The molecule has 2 aromatic rings. The minimum absolute atomic E-state index is 0.00907. The maximum atomic E-state index is 13.2. The molecule has 0 spiro atoms. The van der Waals surface area contributed by atoms with E-state index >= 15 is 0 Å². The Labute approximate surface area is 178 Å². The highest BCUT2D eigenvalue weighted by molar-refractivity contribution is 6.02. The predicted octanol–water partition coefficient (Wildman–Crippen LogP) is 5.03. The van der Waals surface area contributed by atoms with Crippen LogP contribution in [0.2, 0.25) is 0 Å². The van der Waals surface area contributed by atoms with Gasteiger partial charge in [-0.3, -0.25) is 9.59 Å². The molecule has 4 rings (SSSR count). The molecule has 30 heavy (non-hydrogen) atoms. The van der Waals surface area contributed by atoms with Crippen molar-refractivity contribution in [3.8, 4) is 5.75 Å². The zero-order valence-corrected chi connectivity index (χ0v) is 17.9. The van der Waals surface area contributed by atoms with Crippen molar-refractivity contribution < 1.29 is 14.3 Å². The number of ether oxygens (including phenoxy) is 1. The van der Waals surface area contributed by atoms with Gasteiger partial charge in [0.1, 0.15) is 5.75 Å². The van der Waals surface area contributed by atoms with Crippen LogP contribution in [0.25, 0.3) is 0 Å². The Hall–Kier alpha value is -2.88. The molecule has 1 amide bonds. The molecule has 0 fully saturated rings. The van der Waals surface area contributed by atoms with Crippen molar-refractivity contribution in [3.05, 3.63) is 76.5 Å². The minimum atomic E-state index is -0.144. The number of ketones is 1. The van der Waals surface area contributed by atoms with E-state index in [1.807, 2.05) is 55.5 Å². The Morgan fingerprint density at radius 2 is 1.60 bits per heavy atom. The summed E-state index contributed by atoms with van der Waals surface area (Å²) < 4.78 is 5.77. The smallest absolute Gasteiger partial charge is 0.225 e. The van der Waals surface area contributed by atoms with Gasteiger partial charge in [-0.25, -0.2) is 0 Å².